The van der Waals surface area contributed by atoms with Crippen LogP contribution in [0.25, 0.3) is 27.6 Å². The van der Waals surface area contributed by atoms with Crippen LogP contribution < -0.4 is 16.6 Å². The Labute approximate surface area is 191 Å². The molecule has 0 atom stereocenters. The Morgan fingerprint density at radius 3 is 2.76 bits per heavy atom. The molecule has 2 heterocycles. The number of fused-ring (bicyclic) bond motifs is 3. The van der Waals surface area contributed by atoms with Crippen LogP contribution in [0.5, 0.6) is 0 Å². The summed E-state index contributed by atoms with van der Waals surface area (Å²) in [5, 5.41) is 16.0. The molecule has 0 saturated heterocycles. The van der Waals surface area contributed by atoms with Crippen molar-refractivity contribution in [2.24, 2.45) is 5.73 Å². The van der Waals surface area contributed by atoms with Crippen molar-refractivity contribution in [1.29, 1.82) is 0 Å². The van der Waals surface area contributed by atoms with Crippen LogP contribution in [0.2, 0.25) is 0 Å². The maximum Gasteiger partial charge on any atom is 0.299 e. The maximum absolute atomic E-state index is 13.1. The van der Waals surface area contributed by atoms with Gasteiger partial charge in [-0.1, -0.05) is 37.5 Å². The highest BCUT2D eigenvalue weighted by molar-refractivity contribution is 6.00. The van der Waals surface area contributed by atoms with E-state index in [4.69, 9.17) is 5.73 Å². The van der Waals surface area contributed by atoms with Gasteiger partial charge in [0, 0.05) is 17.0 Å². The number of H-pyrrole nitrogens is 1. The number of aromatic amines is 1. The molecule has 8 heteroatoms. The highest BCUT2D eigenvalue weighted by Gasteiger charge is 2.16. The first-order valence-electron chi connectivity index (χ1n) is 11.6. The minimum atomic E-state index is -0.461. The topological polar surface area (TPSA) is 119 Å². The maximum atomic E-state index is 13.1. The molecule has 1 aliphatic rings. The van der Waals surface area contributed by atoms with Crippen LogP contribution in [-0.2, 0) is 6.42 Å². The van der Waals surface area contributed by atoms with E-state index in [9.17, 15) is 9.59 Å². The van der Waals surface area contributed by atoms with Gasteiger partial charge in [-0.05, 0) is 62.1 Å². The Bertz CT molecular complexity index is 1370. The fourth-order valence-corrected chi connectivity index (χ4v) is 4.83. The predicted octanol–water partition coefficient (Wildman–Crippen LogP) is 3.22. The second-order valence-corrected chi connectivity index (χ2v) is 8.79. The Balaban J connectivity index is 1.43. The van der Waals surface area contributed by atoms with Crippen molar-refractivity contribution in [1.82, 2.24) is 25.3 Å². The Hall–Kier alpha value is -3.52. The molecular formula is C25H28N6O2. The molecule has 2 aromatic heterocycles. The molecule has 1 saturated carbocycles. The lowest BCUT2D eigenvalue weighted by molar-refractivity contribution is 0.0999. The van der Waals surface area contributed by atoms with E-state index in [1.165, 1.54) is 36.8 Å². The normalized spacial score (nSPS) is 14.8. The third-order valence-corrected chi connectivity index (χ3v) is 6.57. The van der Waals surface area contributed by atoms with Crippen molar-refractivity contribution in [3.8, 4) is 5.69 Å². The summed E-state index contributed by atoms with van der Waals surface area (Å²) < 4.78 is 1.46. The Kier molecular flexibility index (Phi) is 5.92. The summed E-state index contributed by atoms with van der Waals surface area (Å²) in [6.07, 6.45) is 7.99. The molecule has 5 rings (SSSR count). The van der Waals surface area contributed by atoms with Gasteiger partial charge in [0.05, 0.1) is 16.7 Å². The number of primary amides is 1. The zero-order valence-electron chi connectivity index (χ0n) is 18.5. The minimum absolute atomic E-state index is 0.278. The third kappa shape index (κ3) is 4.26. The van der Waals surface area contributed by atoms with E-state index in [0.29, 0.717) is 34.7 Å². The summed E-state index contributed by atoms with van der Waals surface area (Å²) in [6, 6.07) is 13.5. The fourth-order valence-electron chi connectivity index (χ4n) is 4.83. The van der Waals surface area contributed by atoms with Crippen molar-refractivity contribution in [3.05, 3.63) is 63.9 Å². The van der Waals surface area contributed by atoms with E-state index in [-0.39, 0.29) is 11.1 Å². The zero-order chi connectivity index (χ0) is 22.8. The van der Waals surface area contributed by atoms with Crippen LogP contribution in [0.1, 0.15) is 54.4 Å². The molecule has 1 aliphatic carbocycles. The molecule has 0 radical (unpaired) electrons. The average molecular weight is 445 g/mol. The number of nitrogens with one attached hydrogen (secondary N) is 2. The molecule has 1 amide bonds. The summed E-state index contributed by atoms with van der Waals surface area (Å²) in [7, 11) is 0. The van der Waals surface area contributed by atoms with Gasteiger partial charge in [0.15, 0.2) is 5.52 Å². The van der Waals surface area contributed by atoms with Crippen LogP contribution in [0, 0.1) is 0 Å². The lowest BCUT2D eigenvalue weighted by Gasteiger charge is -2.22. The molecule has 170 valence electrons. The number of carbonyl (C=O) groups is 1. The number of aromatic nitrogens is 4. The largest absolute Gasteiger partial charge is 0.366 e. The first-order valence-corrected chi connectivity index (χ1v) is 11.6. The molecule has 1 fully saturated rings. The number of hydrogen-bond acceptors (Lipinski definition) is 5. The van der Waals surface area contributed by atoms with E-state index < -0.39 is 5.91 Å². The number of benzene rings is 2. The number of hydrogen-bond donors (Lipinski definition) is 3. The third-order valence-electron chi connectivity index (χ3n) is 6.57. The van der Waals surface area contributed by atoms with E-state index in [0.717, 1.165) is 23.9 Å². The molecule has 33 heavy (non-hydrogen) atoms. The van der Waals surface area contributed by atoms with Crippen molar-refractivity contribution < 1.29 is 4.79 Å². The first kappa shape index (κ1) is 21.3. The smallest absolute Gasteiger partial charge is 0.299 e. The minimum Gasteiger partial charge on any atom is -0.366 e. The molecule has 8 nitrogen and oxygen atoms in total. The number of amides is 1. The molecule has 0 aliphatic heterocycles. The van der Waals surface area contributed by atoms with Crippen LogP contribution in [0.15, 0.2) is 47.3 Å². The van der Waals surface area contributed by atoms with Gasteiger partial charge in [-0.2, -0.15) is 0 Å². The van der Waals surface area contributed by atoms with Gasteiger partial charge < -0.3 is 11.1 Å². The summed E-state index contributed by atoms with van der Waals surface area (Å²) in [4.78, 5) is 25.1. The molecule has 0 bridgehead atoms. The van der Waals surface area contributed by atoms with Crippen LogP contribution in [0.3, 0.4) is 0 Å². The van der Waals surface area contributed by atoms with Crippen LogP contribution >= 0.6 is 0 Å². The number of rotatable bonds is 7. The zero-order valence-corrected chi connectivity index (χ0v) is 18.5. The summed E-state index contributed by atoms with van der Waals surface area (Å²) in [6.45, 7) is 0.890. The second kappa shape index (κ2) is 9.15. The van der Waals surface area contributed by atoms with Crippen LogP contribution in [-0.4, -0.2) is 38.5 Å². The molecule has 4 N–H and O–H groups in total. The SMILES string of the molecule is NC(=O)c1ccc(-n2[nH]c3c(nnc4ccccc43)c2=O)cc1CCCNC1CCCCC1. The second-order valence-electron chi connectivity index (χ2n) is 8.79. The highest BCUT2D eigenvalue weighted by Crippen LogP contribution is 2.21. The molecular weight excluding hydrogens is 416 g/mol. The standard InChI is InChI=1S/C25H28N6O2/c26-24(32)19-13-12-18(15-16(19)7-6-14-27-17-8-2-1-3-9-17)31-25(33)23-22(30-31)20-10-4-5-11-21(20)28-29-23/h4-5,10-13,15,17,27,30H,1-3,6-9,14H2,(H2,26,32). The average Bonchev–Trinajstić information content (AvgIpc) is 3.19. The van der Waals surface area contributed by atoms with E-state index in [2.05, 4.69) is 20.6 Å². The number of nitrogens with zero attached hydrogens (tertiary/aromatic N) is 3. The predicted molar refractivity (Wildman–Crippen MR) is 129 cm³/mol. The van der Waals surface area contributed by atoms with Gasteiger partial charge in [-0.3, -0.25) is 14.7 Å². The van der Waals surface area contributed by atoms with Gasteiger partial charge >= 0.3 is 0 Å². The summed E-state index contributed by atoms with van der Waals surface area (Å²) in [5.74, 6) is -0.461. The summed E-state index contributed by atoms with van der Waals surface area (Å²) >= 11 is 0. The highest BCUT2D eigenvalue weighted by atomic mass is 16.1. The van der Waals surface area contributed by atoms with E-state index in [1.54, 1.807) is 12.1 Å². The van der Waals surface area contributed by atoms with Crippen LogP contribution in [0.4, 0.5) is 0 Å². The summed E-state index contributed by atoms with van der Waals surface area (Å²) in [5.41, 5.74) is 8.96. The van der Waals surface area contributed by atoms with E-state index in [1.807, 2.05) is 30.3 Å². The van der Waals surface area contributed by atoms with Crippen molar-refractivity contribution >= 4 is 27.8 Å². The quantitative estimate of drug-likeness (QED) is 0.378. The fraction of sp³-hybridized carbons (Fsp3) is 0.360. The molecule has 0 spiro atoms. The molecule has 4 aromatic rings. The van der Waals surface area contributed by atoms with Crippen molar-refractivity contribution in [2.75, 3.05) is 6.54 Å². The van der Waals surface area contributed by atoms with Gasteiger partial charge in [0.1, 0.15) is 0 Å². The number of nitrogens with two attached hydrogens (primary N) is 1. The molecule has 2 aromatic carbocycles. The monoisotopic (exact) mass is 444 g/mol. The van der Waals surface area contributed by atoms with Gasteiger partial charge in [0.2, 0.25) is 5.91 Å². The van der Waals surface area contributed by atoms with Crippen molar-refractivity contribution in [3.63, 3.8) is 0 Å². The number of aryl methyl sites for hydroxylation is 1. The van der Waals surface area contributed by atoms with Gasteiger partial charge in [0.25, 0.3) is 5.56 Å². The lowest BCUT2D eigenvalue weighted by atomic mass is 9.95. The Morgan fingerprint density at radius 2 is 1.94 bits per heavy atom. The number of carbonyl (C=O) groups excluding carboxylic acids is 1. The molecule has 0 unspecified atom stereocenters. The lowest BCUT2D eigenvalue weighted by Crippen LogP contribution is -2.32. The van der Waals surface area contributed by atoms with E-state index >= 15 is 0 Å². The van der Waals surface area contributed by atoms with Crippen molar-refractivity contribution in [2.45, 2.75) is 51.0 Å². The van der Waals surface area contributed by atoms with Gasteiger partial charge in [-0.15, -0.1) is 10.2 Å². The van der Waals surface area contributed by atoms with Gasteiger partial charge in [-0.25, -0.2) is 4.68 Å². The first-order chi connectivity index (χ1) is 16.1. The Morgan fingerprint density at radius 1 is 1.12 bits per heavy atom.